The topological polar surface area (TPSA) is 93.7 Å². The monoisotopic (exact) mass is 364 g/mol. The average molecular weight is 364 g/mol. The minimum atomic E-state index is -3.95. The van der Waals surface area contributed by atoms with Crippen molar-refractivity contribution < 1.29 is 22.7 Å². The number of rotatable bonds is 7. The van der Waals surface area contributed by atoms with E-state index in [-0.39, 0.29) is 10.6 Å². The summed E-state index contributed by atoms with van der Waals surface area (Å²) in [5, 5.41) is 0. The predicted octanol–water partition coefficient (Wildman–Crippen LogP) is 1.89. The van der Waals surface area contributed by atoms with E-state index in [1.165, 1.54) is 32.4 Å². The lowest BCUT2D eigenvalue weighted by Gasteiger charge is -2.11. The zero-order valence-electron chi connectivity index (χ0n) is 14.2. The lowest BCUT2D eigenvalue weighted by molar-refractivity contribution is 0.0945. The first-order valence-corrected chi connectivity index (χ1v) is 9.02. The van der Waals surface area contributed by atoms with Crippen LogP contribution in [-0.4, -0.2) is 28.5 Å². The summed E-state index contributed by atoms with van der Waals surface area (Å²) >= 11 is 0. The highest BCUT2D eigenvalue weighted by molar-refractivity contribution is 7.89. The van der Waals surface area contributed by atoms with Crippen LogP contribution in [0.15, 0.2) is 47.4 Å². The van der Waals surface area contributed by atoms with Crippen LogP contribution in [-0.2, 0) is 16.4 Å². The second-order valence-electron chi connectivity index (χ2n) is 5.13. The van der Waals surface area contributed by atoms with Gasteiger partial charge in [-0.3, -0.25) is 10.2 Å². The zero-order chi connectivity index (χ0) is 18.4. The van der Waals surface area contributed by atoms with Crippen molar-refractivity contribution in [1.82, 2.24) is 10.3 Å². The van der Waals surface area contributed by atoms with Gasteiger partial charge in [-0.1, -0.05) is 19.1 Å². The molecule has 7 nitrogen and oxygen atoms in total. The molecule has 0 aliphatic heterocycles. The molecule has 0 radical (unpaired) electrons. The van der Waals surface area contributed by atoms with Gasteiger partial charge in [0.15, 0.2) is 11.5 Å². The minimum absolute atomic E-state index is 0.0632. The molecule has 8 heteroatoms. The molecule has 0 heterocycles. The number of carbonyl (C=O) groups is 1. The van der Waals surface area contributed by atoms with Crippen molar-refractivity contribution in [3.63, 3.8) is 0 Å². The third-order valence-electron chi connectivity index (χ3n) is 3.59. The van der Waals surface area contributed by atoms with E-state index >= 15 is 0 Å². The Bertz CT molecular complexity index is 848. The largest absolute Gasteiger partial charge is 0.493 e. The van der Waals surface area contributed by atoms with Gasteiger partial charge in [-0.25, -0.2) is 8.42 Å². The summed E-state index contributed by atoms with van der Waals surface area (Å²) < 4.78 is 34.8. The molecule has 2 aromatic carbocycles. The normalized spacial score (nSPS) is 11.0. The van der Waals surface area contributed by atoms with Gasteiger partial charge in [-0.15, -0.1) is 4.83 Å². The number of sulfonamides is 1. The van der Waals surface area contributed by atoms with E-state index in [2.05, 4.69) is 10.3 Å². The second kappa shape index (κ2) is 8.00. The molecule has 0 saturated carbocycles. The van der Waals surface area contributed by atoms with Crippen LogP contribution in [0.25, 0.3) is 0 Å². The van der Waals surface area contributed by atoms with Crippen LogP contribution in [0, 0.1) is 0 Å². The van der Waals surface area contributed by atoms with Crippen LogP contribution in [0.5, 0.6) is 11.5 Å². The Morgan fingerprint density at radius 2 is 1.64 bits per heavy atom. The van der Waals surface area contributed by atoms with Gasteiger partial charge in [0.1, 0.15) is 0 Å². The van der Waals surface area contributed by atoms with E-state index < -0.39 is 15.9 Å². The molecule has 0 spiro atoms. The molecular formula is C17H20N2O5S. The van der Waals surface area contributed by atoms with Crippen molar-refractivity contribution in [3.05, 3.63) is 53.6 Å². The summed E-state index contributed by atoms with van der Waals surface area (Å²) in [5.41, 5.74) is 3.63. The molecule has 0 unspecified atom stereocenters. The van der Waals surface area contributed by atoms with Crippen molar-refractivity contribution >= 4 is 15.9 Å². The number of hydrogen-bond acceptors (Lipinski definition) is 5. The smallest absolute Gasteiger partial charge is 0.266 e. The molecule has 0 bridgehead atoms. The first-order chi connectivity index (χ1) is 11.9. The van der Waals surface area contributed by atoms with Gasteiger partial charge in [-0.2, -0.15) is 0 Å². The third-order valence-corrected chi connectivity index (χ3v) is 4.83. The van der Waals surface area contributed by atoms with Crippen molar-refractivity contribution in [3.8, 4) is 11.5 Å². The van der Waals surface area contributed by atoms with Crippen LogP contribution < -0.4 is 19.7 Å². The van der Waals surface area contributed by atoms with Gasteiger partial charge >= 0.3 is 0 Å². The maximum absolute atomic E-state index is 12.3. The molecule has 2 rings (SSSR count). The van der Waals surface area contributed by atoms with E-state index in [0.29, 0.717) is 11.3 Å². The third kappa shape index (κ3) is 4.49. The molecule has 0 saturated heterocycles. The predicted molar refractivity (Wildman–Crippen MR) is 93.2 cm³/mol. The summed E-state index contributed by atoms with van der Waals surface area (Å²) in [6.45, 7) is 2.01. The van der Waals surface area contributed by atoms with Gasteiger partial charge in [0.05, 0.1) is 19.1 Å². The molecule has 0 fully saturated rings. The first-order valence-electron chi connectivity index (χ1n) is 7.54. The van der Waals surface area contributed by atoms with Crippen LogP contribution in [0.1, 0.15) is 22.8 Å². The van der Waals surface area contributed by atoms with Gasteiger partial charge in [0, 0.05) is 11.6 Å². The Labute approximate surface area is 147 Å². The van der Waals surface area contributed by atoms with Gasteiger partial charge in [-0.05, 0) is 36.2 Å². The molecule has 1 amide bonds. The molecule has 2 aromatic rings. The number of benzene rings is 2. The highest BCUT2D eigenvalue weighted by Gasteiger charge is 2.18. The second-order valence-corrected chi connectivity index (χ2v) is 6.81. The number of aryl methyl sites for hydroxylation is 1. The number of hydrazine groups is 1. The van der Waals surface area contributed by atoms with Gasteiger partial charge in [0.25, 0.3) is 15.9 Å². The van der Waals surface area contributed by atoms with E-state index in [9.17, 15) is 13.2 Å². The molecule has 0 aromatic heterocycles. The highest BCUT2D eigenvalue weighted by Crippen LogP contribution is 2.29. The maximum atomic E-state index is 12.3. The number of ether oxygens (including phenoxy) is 2. The van der Waals surface area contributed by atoms with Crippen LogP contribution in [0.4, 0.5) is 0 Å². The quantitative estimate of drug-likeness (QED) is 0.732. The van der Waals surface area contributed by atoms with Gasteiger partial charge in [0.2, 0.25) is 0 Å². The summed E-state index contributed by atoms with van der Waals surface area (Å²) in [7, 11) is -1.09. The lowest BCUT2D eigenvalue weighted by Crippen LogP contribution is -2.41. The summed E-state index contributed by atoms with van der Waals surface area (Å²) in [6.07, 6.45) is 0.855. The molecule has 2 N–H and O–H groups in total. The summed E-state index contributed by atoms with van der Waals surface area (Å²) in [5.74, 6) is 0.125. The van der Waals surface area contributed by atoms with Crippen LogP contribution in [0.2, 0.25) is 0 Å². The SMILES string of the molecule is CCc1ccc(C(=O)NNS(=O)(=O)c2ccc(OC)c(OC)c2)cc1. The standard InChI is InChI=1S/C17H20N2O5S/c1-4-12-5-7-13(8-6-12)17(20)18-19-25(21,22)14-9-10-15(23-2)16(11-14)24-3/h5-11,19H,4H2,1-3H3,(H,18,20). The molecule has 0 atom stereocenters. The highest BCUT2D eigenvalue weighted by atomic mass is 32.2. The van der Waals surface area contributed by atoms with Crippen molar-refractivity contribution in [2.75, 3.05) is 14.2 Å². The fourth-order valence-electron chi connectivity index (χ4n) is 2.12. The Morgan fingerprint density at radius 1 is 1.00 bits per heavy atom. The lowest BCUT2D eigenvalue weighted by atomic mass is 10.1. The number of methoxy groups -OCH3 is 2. The molecule has 0 aliphatic carbocycles. The van der Waals surface area contributed by atoms with Crippen molar-refractivity contribution in [2.24, 2.45) is 0 Å². The molecular weight excluding hydrogens is 344 g/mol. The minimum Gasteiger partial charge on any atom is -0.493 e. The van der Waals surface area contributed by atoms with Crippen molar-refractivity contribution in [1.29, 1.82) is 0 Å². The number of carbonyl (C=O) groups excluding carboxylic acids is 1. The van der Waals surface area contributed by atoms with E-state index in [4.69, 9.17) is 9.47 Å². The van der Waals surface area contributed by atoms with Crippen molar-refractivity contribution in [2.45, 2.75) is 18.2 Å². The molecule has 0 aliphatic rings. The van der Waals surface area contributed by atoms with E-state index in [0.717, 1.165) is 12.0 Å². The fraction of sp³-hybridized carbons (Fsp3) is 0.235. The Morgan fingerprint density at radius 3 is 2.20 bits per heavy atom. The Hall–Kier alpha value is -2.58. The fourth-order valence-corrected chi connectivity index (χ4v) is 2.97. The van der Waals surface area contributed by atoms with Crippen LogP contribution in [0.3, 0.4) is 0 Å². The molecule has 25 heavy (non-hydrogen) atoms. The Balaban J connectivity index is 2.11. The van der Waals surface area contributed by atoms with E-state index in [1.54, 1.807) is 12.1 Å². The maximum Gasteiger partial charge on any atom is 0.266 e. The van der Waals surface area contributed by atoms with Crippen LogP contribution >= 0.6 is 0 Å². The number of nitrogens with one attached hydrogen (secondary N) is 2. The molecule has 134 valence electrons. The average Bonchev–Trinajstić information content (AvgIpc) is 2.65. The summed E-state index contributed by atoms with van der Waals surface area (Å²) in [6, 6.07) is 11.0. The Kier molecular flexibility index (Phi) is 6.00. The van der Waals surface area contributed by atoms with Gasteiger partial charge < -0.3 is 9.47 Å². The number of amides is 1. The zero-order valence-corrected chi connectivity index (χ0v) is 15.0. The first kappa shape index (κ1) is 18.8. The number of hydrogen-bond donors (Lipinski definition) is 2. The van der Waals surface area contributed by atoms with E-state index in [1.807, 2.05) is 19.1 Å². The summed E-state index contributed by atoms with van der Waals surface area (Å²) in [4.78, 5) is 14.1.